The van der Waals surface area contributed by atoms with Crippen LogP contribution in [0.25, 0.3) is 6.08 Å². The molecule has 0 bridgehead atoms. The third kappa shape index (κ3) is 4.46. The zero-order chi connectivity index (χ0) is 17.9. The van der Waals surface area contributed by atoms with Crippen molar-refractivity contribution in [2.45, 2.75) is 45.4 Å². The summed E-state index contributed by atoms with van der Waals surface area (Å²) in [5.41, 5.74) is -0.0759. The molecular weight excluding hydrogens is 335 g/mol. The molecule has 0 atom stereocenters. The van der Waals surface area contributed by atoms with Crippen molar-refractivity contribution in [2.24, 2.45) is 0 Å². The van der Waals surface area contributed by atoms with Crippen LogP contribution in [0, 0.1) is 11.6 Å². The van der Waals surface area contributed by atoms with Gasteiger partial charge < -0.3 is 9.47 Å². The lowest BCUT2D eigenvalue weighted by molar-refractivity contribution is -0.276. The van der Waals surface area contributed by atoms with E-state index in [-0.39, 0.29) is 36.1 Å². The van der Waals surface area contributed by atoms with Gasteiger partial charge in [0.1, 0.15) is 5.76 Å². The molecule has 1 aromatic rings. The van der Waals surface area contributed by atoms with Crippen LogP contribution in [-0.2, 0) is 16.0 Å². The highest BCUT2D eigenvalue weighted by Crippen LogP contribution is 2.36. The van der Waals surface area contributed by atoms with E-state index in [2.05, 4.69) is 4.74 Å². The molecule has 0 saturated heterocycles. The van der Waals surface area contributed by atoms with Gasteiger partial charge in [0.2, 0.25) is 5.75 Å². The summed E-state index contributed by atoms with van der Waals surface area (Å²) in [5, 5.41) is 0. The molecule has 8 heteroatoms. The highest BCUT2D eigenvalue weighted by Gasteiger charge is 2.35. The lowest BCUT2D eigenvalue weighted by atomic mass is 9.95. The van der Waals surface area contributed by atoms with Gasteiger partial charge in [0.25, 0.3) is 0 Å². The number of esters is 1. The molecule has 0 spiro atoms. The number of halogens is 5. The summed E-state index contributed by atoms with van der Waals surface area (Å²) in [6.07, 6.45) is -2.14. The van der Waals surface area contributed by atoms with E-state index in [9.17, 15) is 26.7 Å². The summed E-state index contributed by atoms with van der Waals surface area (Å²) in [5.74, 6) is -4.57. The third-order valence-electron chi connectivity index (χ3n) is 3.45. The van der Waals surface area contributed by atoms with Gasteiger partial charge in [-0.15, -0.1) is 13.2 Å². The van der Waals surface area contributed by atoms with Crippen molar-refractivity contribution < 1.29 is 36.2 Å². The fourth-order valence-electron chi connectivity index (χ4n) is 2.34. The molecule has 0 radical (unpaired) electrons. The minimum Gasteiger partial charge on any atom is -0.431 e. The molecule has 0 unspecified atom stereocenters. The van der Waals surface area contributed by atoms with Gasteiger partial charge in [-0.3, -0.25) is 4.79 Å². The highest BCUT2D eigenvalue weighted by molar-refractivity contribution is 5.72. The number of carbonyl (C=O) groups excluding carboxylic acids is 1. The Morgan fingerprint density at radius 3 is 2.58 bits per heavy atom. The van der Waals surface area contributed by atoms with E-state index in [4.69, 9.17) is 4.74 Å². The SMILES string of the molecule is CCCCC(=O)OC1=Cc2cc(F)c(OC(F)(F)F)c(F)c2CC1. The van der Waals surface area contributed by atoms with Crippen molar-refractivity contribution in [3.63, 3.8) is 0 Å². The monoisotopic (exact) mass is 350 g/mol. The Labute approximate surface area is 135 Å². The molecule has 0 heterocycles. The predicted molar refractivity (Wildman–Crippen MR) is 75.0 cm³/mol. The standard InChI is InChI=1S/C16H15F5O3/c1-2-3-4-13(22)23-10-5-6-11-9(7-10)8-12(17)15(14(11)18)24-16(19,20)21/h7-8H,2-6H2,1H3. The second-order valence-electron chi connectivity index (χ2n) is 5.31. The summed E-state index contributed by atoms with van der Waals surface area (Å²) in [4.78, 5) is 11.6. The molecule has 0 saturated carbocycles. The average molecular weight is 350 g/mol. The third-order valence-corrected chi connectivity index (χ3v) is 3.45. The van der Waals surface area contributed by atoms with E-state index >= 15 is 0 Å². The first kappa shape index (κ1) is 18.2. The van der Waals surface area contributed by atoms with E-state index in [1.807, 2.05) is 6.92 Å². The smallest absolute Gasteiger partial charge is 0.431 e. The van der Waals surface area contributed by atoms with Crippen molar-refractivity contribution in [2.75, 3.05) is 0 Å². The zero-order valence-electron chi connectivity index (χ0n) is 12.8. The van der Waals surface area contributed by atoms with E-state index < -0.39 is 29.7 Å². The number of allylic oxidation sites excluding steroid dienone is 1. The Kier molecular flexibility index (Phi) is 5.46. The Morgan fingerprint density at radius 1 is 1.25 bits per heavy atom. The number of fused-ring (bicyclic) bond motifs is 1. The highest BCUT2D eigenvalue weighted by atomic mass is 19.4. The van der Waals surface area contributed by atoms with Gasteiger partial charge in [-0.1, -0.05) is 13.3 Å². The second kappa shape index (κ2) is 7.19. The van der Waals surface area contributed by atoms with Crippen molar-refractivity contribution in [3.05, 3.63) is 34.6 Å². The maximum atomic E-state index is 14.1. The summed E-state index contributed by atoms with van der Waals surface area (Å²) in [6, 6.07) is 0.735. The Morgan fingerprint density at radius 2 is 1.96 bits per heavy atom. The van der Waals surface area contributed by atoms with Crippen molar-refractivity contribution in [1.29, 1.82) is 0 Å². The molecule has 0 fully saturated rings. The fraction of sp³-hybridized carbons (Fsp3) is 0.438. The van der Waals surface area contributed by atoms with Gasteiger partial charge in [-0.2, -0.15) is 0 Å². The van der Waals surface area contributed by atoms with Crippen LogP contribution in [0.1, 0.15) is 43.7 Å². The predicted octanol–water partition coefficient (Wildman–Crippen LogP) is 4.88. The first-order valence-electron chi connectivity index (χ1n) is 7.39. The lowest BCUT2D eigenvalue weighted by Crippen LogP contribution is -2.20. The number of hydrogen-bond donors (Lipinski definition) is 0. The van der Waals surface area contributed by atoms with Crippen LogP contribution in [0.15, 0.2) is 11.8 Å². The average Bonchev–Trinajstić information content (AvgIpc) is 2.48. The van der Waals surface area contributed by atoms with Crippen LogP contribution < -0.4 is 4.74 Å². The van der Waals surface area contributed by atoms with Gasteiger partial charge in [0.05, 0.1) is 0 Å². The molecule has 3 nitrogen and oxygen atoms in total. The largest absolute Gasteiger partial charge is 0.573 e. The fourth-order valence-corrected chi connectivity index (χ4v) is 2.34. The summed E-state index contributed by atoms with van der Waals surface area (Å²) in [6.45, 7) is 1.91. The van der Waals surface area contributed by atoms with Gasteiger partial charge in [0, 0.05) is 12.8 Å². The molecule has 1 aliphatic rings. The van der Waals surface area contributed by atoms with Crippen LogP contribution in [-0.4, -0.2) is 12.3 Å². The van der Waals surface area contributed by atoms with Crippen LogP contribution in [0.2, 0.25) is 0 Å². The Bertz CT molecular complexity index is 665. The van der Waals surface area contributed by atoms with Gasteiger partial charge in [-0.25, -0.2) is 8.78 Å². The molecule has 132 valence electrons. The first-order valence-corrected chi connectivity index (χ1v) is 7.39. The lowest BCUT2D eigenvalue weighted by Gasteiger charge is -2.19. The van der Waals surface area contributed by atoms with E-state index in [1.165, 1.54) is 6.08 Å². The number of alkyl halides is 3. The maximum absolute atomic E-state index is 14.1. The van der Waals surface area contributed by atoms with E-state index in [0.717, 1.165) is 12.5 Å². The van der Waals surface area contributed by atoms with Crippen molar-refractivity contribution >= 4 is 12.0 Å². The van der Waals surface area contributed by atoms with Crippen molar-refractivity contribution in [1.82, 2.24) is 0 Å². The molecule has 0 aromatic heterocycles. The first-order chi connectivity index (χ1) is 11.2. The summed E-state index contributed by atoms with van der Waals surface area (Å²) < 4.78 is 73.0. The Balaban J connectivity index is 2.25. The van der Waals surface area contributed by atoms with E-state index in [0.29, 0.717) is 6.42 Å². The minimum atomic E-state index is -5.19. The molecule has 1 aromatic carbocycles. The zero-order valence-corrected chi connectivity index (χ0v) is 12.8. The van der Waals surface area contributed by atoms with Gasteiger partial charge in [-0.05, 0) is 36.1 Å². The molecule has 0 N–H and O–H groups in total. The number of carbonyl (C=O) groups is 1. The molecular formula is C16H15F5O3. The maximum Gasteiger partial charge on any atom is 0.573 e. The van der Waals surface area contributed by atoms with Gasteiger partial charge >= 0.3 is 12.3 Å². The van der Waals surface area contributed by atoms with Gasteiger partial charge in [0.15, 0.2) is 11.6 Å². The number of benzene rings is 1. The topological polar surface area (TPSA) is 35.5 Å². The summed E-state index contributed by atoms with van der Waals surface area (Å²) in [7, 11) is 0. The molecule has 0 aliphatic heterocycles. The molecule has 0 amide bonds. The molecule has 1 aliphatic carbocycles. The van der Waals surface area contributed by atoms with Crippen LogP contribution in [0.4, 0.5) is 22.0 Å². The van der Waals surface area contributed by atoms with Crippen LogP contribution in [0.3, 0.4) is 0 Å². The van der Waals surface area contributed by atoms with Crippen LogP contribution in [0.5, 0.6) is 5.75 Å². The number of unbranched alkanes of at least 4 members (excludes halogenated alkanes) is 1. The van der Waals surface area contributed by atoms with Crippen LogP contribution >= 0.6 is 0 Å². The normalized spacial score (nSPS) is 14.0. The van der Waals surface area contributed by atoms with Crippen molar-refractivity contribution in [3.8, 4) is 5.75 Å². The molecule has 2 rings (SSSR count). The minimum absolute atomic E-state index is 0.0252. The second-order valence-corrected chi connectivity index (χ2v) is 5.31. The number of rotatable bonds is 5. The number of hydrogen-bond acceptors (Lipinski definition) is 3. The number of ether oxygens (including phenoxy) is 2. The molecule has 24 heavy (non-hydrogen) atoms. The van der Waals surface area contributed by atoms with E-state index in [1.54, 1.807) is 0 Å². The summed E-state index contributed by atoms with van der Waals surface area (Å²) >= 11 is 0. The quantitative estimate of drug-likeness (QED) is 0.561. The Hall–Kier alpha value is -2.12.